The van der Waals surface area contributed by atoms with Gasteiger partial charge in [-0.05, 0) is 44.0 Å². The number of benzene rings is 1. The Bertz CT molecular complexity index is 716. The van der Waals surface area contributed by atoms with Gasteiger partial charge in [0.2, 0.25) is 5.88 Å². The van der Waals surface area contributed by atoms with Crippen molar-refractivity contribution in [3.05, 3.63) is 46.9 Å². The highest BCUT2D eigenvalue weighted by atomic mass is 19.1. The van der Waals surface area contributed by atoms with E-state index < -0.39 is 6.10 Å². The first-order chi connectivity index (χ1) is 11.5. The summed E-state index contributed by atoms with van der Waals surface area (Å²) in [7, 11) is 3.52. The average Bonchev–Trinajstić information content (AvgIpc) is 3.10. The topological polar surface area (TPSA) is 50.5 Å². The third-order valence-electron chi connectivity index (χ3n) is 4.75. The molecule has 1 aliphatic heterocycles. The van der Waals surface area contributed by atoms with Crippen molar-refractivity contribution in [3.8, 4) is 5.88 Å². The summed E-state index contributed by atoms with van der Waals surface area (Å²) < 4.78 is 20.7. The molecular formula is C18H24FN3O2. The van der Waals surface area contributed by atoms with Crippen LogP contribution in [-0.4, -0.2) is 40.0 Å². The van der Waals surface area contributed by atoms with Crippen LogP contribution in [0, 0.1) is 12.7 Å². The van der Waals surface area contributed by atoms with Gasteiger partial charge >= 0.3 is 0 Å². The Kier molecular flexibility index (Phi) is 4.87. The van der Waals surface area contributed by atoms with Gasteiger partial charge in [-0.2, -0.15) is 5.10 Å². The highest BCUT2D eigenvalue weighted by Crippen LogP contribution is 2.39. The third kappa shape index (κ3) is 3.16. The first kappa shape index (κ1) is 16.9. The molecule has 1 fully saturated rings. The first-order valence-corrected chi connectivity index (χ1v) is 8.26. The fourth-order valence-corrected chi connectivity index (χ4v) is 3.69. The van der Waals surface area contributed by atoms with Crippen LogP contribution in [0.5, 0.6) is 5.88 Å². The zero-order valence-electron chi connectivity index (χ0n) is 14.4. The van der Waals surface area contributed by atoms with E-state index >= 15 is 0 Å². The van der Waals surface area contributed by atoms with Gasteiger partial charge in [-0.15, -0.1) is 0 Å². The molecule has 3 rings (SSSR count). The summed E-state index contributed by atoms with van der Waals surface area (Å²) >= 11 is 0. The number of β-amino-alcohol motifs (C(OH)–C–C–N with tert-alkyl or cyclic N) is 1. The van der Waals surface area contributed by atoms with E-state index in [-0.39, 0.29) is 11.9 Å². The van der Waals surface area contributed by atoms with Gasteiger partial charge < -0.3 is 9.84 Å². The molecule has 0 spiro atoms. The average molecular weight is 333 g/mol. The zero-order chi connectivity index (χ0) is 17.3. The summed E-state index contributed by atoms with van der Waals surface area (Å²) in [5.74, 6) is 0.443. The molecule has 0 unspecified atom stereocenters. The van der Waals surface area contributed by atoms with Gasteiger partial charge in [0.1, 0.15) is 5.82 Å². The van der Waals surface area contributed by atoms with Crippen LogP contribution in [0.15, 0.2) is 24.3 Å². The molecule has 1 N–H and O–H groups in total. The maximum absolute atomic E-state index is 13.4. The fourth-order valence-electron chi connectivity index (χ4n) is 3.69. The van der Waals surface area contributed by atoms with Gasteiger partial charge in [0, 0.05) is 19.6 Å². The molecule has 24 heavy (non-hydrogen) atoms. The molecule has 0 bridgehead atoms. The van der Waals surface area contributed by atoms with Gasteiger partial charge in [-0.1, -0.05) is 12.1 Å². The number of aliphatic hydroxyl groups is 1. The molecule has 0 amide bonds. The smallest absolute Gasteiger partial charge is 0.216 e. The number of aromatic nitrogens is 2. The zero-order valence-corrected chi connectivity index (χ0v) is 14.4. The summed E-state index contributed by atoms with van der Waals surface area (Å²) in [5, 5.41) is 15.0. The lowest BCUT2D eigenvalue weighted by molar-refractivity contribution is 0.105. The molecule has 0 saturated carbocycles. The maximum Gasteiger partial charge on any atom is 0.216 e. The van der Waals surface area contributed by atoms with Crippen molar-refractivity contribution < 1.29 is 14.2 Å². The van der Waals surface area contributed by atoms with Gasteiger partial charge in [-0.3, -0.25) is 4.90 Å². The standard InChI is InChI=1S/C18H24FN3O2/c1-12-17(18(24-3)21(2)20-12)15-8-5-9-22(15)11-16(23)13-6-4-7-14(19)10-13/h4,6-7,10,15-16,23H,5,8-9,11H2,1-3H3/t15-,16-/m0/s1. The highest BCUT2D eigenvalue weighted by Gasteiger charge is 2.33. The number of methoxy groups -OCH3 is 1. The van der Waals surface area contributed by atoms with E-state index in [1.807, 2.05) is 14.0 Å². The predicted molar refractivity (Wildman–Crippen MR) is 89.4 cm³/mol. The van der Waals surface area contributed by atoms with Crippen molar-refractivity contribution in [3.63, 3.8) is 0 Å². The van der Waals surface area contributed by atoms with Crippen molar-refractivity contribution >= 4 is 0 Å². The number of aliphatic hydroxyl groups excluding tert-OH is 1. The summed E-state index contributed by atoms with van der Waals surface area (Å²) in [6.45, 7) is 3.34. The van der Waals surface area contributed by atoms with Gasteiger partial charge in [0.25, 0.3) is 0 Å². The Morgan fingerprint density at radius 1 is 1.46 bits per heavy atom. The Balaban J connectivity index is 1.81. The predicted octanol–water partition coefficient (Wildman–Crippen LogP) is 2.75. The maximum atomic E-state index is 13.4. The van der Waals surface area contributed by atoms with E-state index in [1.54, 1.807) is 23.9 Å². The number of aryl methyl sites for hydroxylation is 2. The molecular weight excluding hydrogens is 309 g/mol. The Labute approximate surface area is 141 Å². The lowest BCUT2D eigenvalue weighted by Gasteiger charge is -2.27. The first-order valence-electron chi connectivity index (χ1n) is 8.26. The Hall–Kier alpha value is -1.92. The monoisotopic (exact) mass is 333 g/mol. The van der Waals surface area contributed by atoms with Crippen LogP contribution in [0.2, 0.25) is 0 Å². The van der Waals surface area contributed by atoms with Crippen molar-refractivity contribution in [2.24, 2.45) is 7.05 Å². The van der Waals surface area contributed by atoms with Crippen molar-refractivity contribution in [1.29, 1.82) is 0 Å². The minimum atomic E-state index is -0.718. The number of halogens is 1. The fraction of sp³-hybridized carbons (Fsp3) is 0.500. The SMILES string of the molecule is COc1c([C@@H]2CCCN2C[C@H](O)c2cccc(F)c2)c(C)nn1C. The molecule has 1 aromatic carbocycles. The minimum Gasteiger partial charge on any atom is -0.481 e. The molecule has 2 aromatic rings. The molecule has 2 atom stereocenters. The number of rotatable bonds is 5. The van der Waals surface area contributed by atoms with E-state index in [0.717, 1.165) is 36.5 Å². The largest absolute Gasteiger partial charge is 0.481 e. The summed E-state index contributed by atoms with van der Waals surface area (Å²) in [6, 6.07) is 6.33. The second kappa shape index (κ2) is 6.91. The van der Waals surface area contributed by atoms with Crippen LogP contribution < -0.4 is 4.74 Å². The number of likely N-dealkylation sites (tertiary alicyclic amines) is 1. The highest BCUT2D eigenvalue weighted by molar-refractivity contribution is 5.35. The van der Waals surface area contributed by atoms with Crippen LogP contribution >= 0.6 is 0 Å². The molecule has 1 saturated heterocycles. The van der Waals surface area contributed by atoms with E-state index in [0.29, 0.717) is 12.1 Å². The number of hydrogen-bond donors (Lipinski definition) is 1. The minimum absolute atomic E-state index is 0.164. The molecule has 0 radical (unpaired) electrons. The Morgan fingerprint density at radius 3 is 2.96 bits per heavy atom. The Morgan fingerprint density at radius 2 is 2.25 bits per heavy atom. The molecule has 1 aliphatic rings. The lowest BCUT2D eigenvalue weighted by Crippen LogP contribution is -2.29. The summed E-state index contributed by atoms with van der Waals surface area (Å²) in [5.41, 5.74) is 2.64. The van der Waals surface area contributed by atoms with E-state index in [1.165, 1.54) is 12.1 Å². The number of nitrogens with zero attached hydrogens (tertiary/aromatic N) is 3. The lowest BCUT2D eigenvalue weighted by atomic mass is 10.0. The molecule has 5 nitrogen and oxygen atoms in total. The van der Waals surface area contributed by atoms with E-state index in [2.05, 4.69) is 10.00 Å². The number of ether oxygens (including phenoxy) is 1. The second-order valence-corrected chi connectivity index (χ2v) is 6.36. The third-order valence-corrected chi connectivity index (χ3v) is 4.75. The summed E-state index contributed by atoms with van der Waals surface area (Å²) in [4.78, 5) is 2.24. The van der Waals surface area contributed by atoms with Gasteiger partial charge in [-0.25, -0.2) is 9.07 Å². The molecule has 6 heteroatoms. The summed E-state index contributed by atoms with van der Waals surface area (Å²) in [6.07, 6.45) is 1.33. The molecule has 130 valence electrons. The normalized spacial score (nSPS) is 19.6. The van der Waals surface area contributed by atoms with Crippen LogP contribution in [0.25, 0.3) is 0 Å². The molecule has 0 aliphatic carbocycles. The van der Waals surface area contributed by atoms with Gasteiger partial charge in [0.05, 0.1) is 24.5 Å². The quantitative estimate of drug-likeness (QED) is 0.914. The van der Waals surface area contributed by atoms with Crippen molar-refractivity contribution in [1.82, 2.24) is 14.7 Å². The van der Waals surface area contributed by atoms with Crippen LogP contribution in [0.4, 0.5) is 4.39 Å². The number of hydrogen-bond acceptors (Lipinski definition) is 4. The van der Waals surface area contributed by atoms with Crippen LogP contribution in [0.3, 0.4) is 0 Å². The van der Waals surface area contributed by atoms with Crippen molar-refractivity contribution in [2.75, 3.05) is 20.2 Å². The van der Waals surface area contributed by atoms with Crippen LogP contribution in [0.1, 0.15) is 41.8 Å². The van der Waals surface area contributed by atoms with Crippen LogP contribution in [-0.2, 0) is 7.05 Å². The van der Waals surface area contributed by atoms with Crippen molar-refractivity contribution in [2.45, 2.75) is 31.9 Å². The molecule has 1 aromatic heterocycles. The second-order valence-electron chi connectivity index (χ2n) is 6.36. The van der Waals surface area contributed by atoms with E-state index in [4.69, 9.17) is 4.74 Å². The van der Waals surface area contributed by atoms with E-state index in [9.17, 15) is 9.50 Å². The van der Waals surface area contributed by atoms with Gasteiger partial charge in [0.15, 0.2) is 0 Å². The molecule has 2 heterocycles.